The second-order valence-electron chi connectivity index (χ2n) is 7.92. The summed E-state index contributed by atoms with van der Waals surface area (Å²) in [5.74, 6) is 1.44. The normalized spacial score (nSPS) is 23.5. The number of aromatic nitrogens is 3. The number of carbonyl (C=O) groups excluding carboxylic acids is 1. The summed E-state index contributed by atoms with van der Waals surface area (Å²) in [6.07, 6.45) is 5.60. The van der Waals surface area contributed by atoms with E-state index in [1.165, 1.54) is 0 Å². The monoisotopic (exact) mass is 385 g/mol. The van der Waals surface area contributed by atoms with E-state index in [9.17, 15) is 4.79 Å². The highest BCUT2D eigenvalue weighted by molar-refractivity contribution is 5.77. The lowest BCUT2D eigenvalue weighted by atomic mass is 9.73. The zero-order valence-electron chi connectivity index (χ0n) is 16.3. The summed E-state index contributed by atoms with van der Waals surface area (Å²) >= 11 is 0. The third-order valence-electron chi connectivity index (χ3n) is 5.71. The van der Waals surface area contributed by atoms with Gasteiger partial charge in [-0.1, -0.05) is 11.2 Å². The number of hydrogen-bond acceptors (Lipinski definition) is 7. The van der Waals surface area contributed by atoms with Crippen molar-refractivity contribution >= 4 is 5.91 Å². The topological polar surface area (TPSA) is 84.6 Å². The molecule has 2 aromatic rings. The number of likely N-dealkylation sites (tertiary alicyclic amines) is 2. The van der Waals surface area contributed by atoms with E-state index in [1.54, 1.807) is 13.3 Å². The Morgan fingerprint density at radius 3 is 3.00 bits per heavy atom. The number of carbonyl (C=O) groups is 1. The first-order valence-electron chi connectivity index (χ1n) is 9.86. The molecule has 0 N–H and O–H groups in total. The van der Waals surface area contributed by atoms with Crippen LogP contribution in [-0.2, 0) is 29.2 Å². The van der Waals surface area contributed by atoms with Gasteiger partial charge in [0, 0.05) is 38.2 Å². The van der Waals surface area contributed by atoms with Crippen LogP contribution < -0.4 is 0 Å². The number of ether oxygens (including phenoxy) is 1. The second-order valence-corrected chi connectivity index (χ2v) is 7.92. The van der Waals surface area contributed by atoms with E-state index in [4.69, 9.17) is 9.26 Å². The SMILES string of the molecule is COCc1noc(CN2CCC[C@]3(CCC(=O)N(Cc4ccccn4)C3)C2)n1. The van der Waals surface area contributed by atoms with Gasteiger partial charge in [0.05, 0.1) is 18.8 Å². The molecule has 2 aromatic heterocycles. The highest BCUT2D eigenvalue weighted by Crippen LogP contribution is 2.39. The summed E-state index contributed by atoms with van der Waals surface area (Å²) in [6, 6.07) is 5.85. The molecule has 28 heavy (non-hydrogen) atoms. The van der Waals surface area contributed by atoms with Gasteiger partial charge in [0.2, 0.25) is 11.8 Å². The molecule has 8 heteroatoms. The maximum absolute atomic E-state index is 12.5. The molecule has 1 amide bonds. The molecule has 8 nitrogen and oxygen atoms in total. The van der Waals surface area contributed by atoms with Gasteiger partial charge in [-0.2, -0.15) is 4.98 Å². The van der Waals surface area contributed by atoms with E-state index >= 15 is 0 Å². The Morgan fingerprint density at radius 2 is 2.18 bits per heavy atom. The summed E-state index contributed by atoms with van der Waals surface area (Å²) in [6.45, 7) is 4.34. The standard InChI is InChI=1S/C20H27N5O3/c1-27-13-17-22-18(28-23-17)12-24-10-4-7-20(14-24)8-6-19(26)25(15-20)11-16-5-2-3-9-21-16/h2-3,5,9H,4,6-8,10-15H2,1H3/t20-/m0/s1. The quantitative estimate of drug-likeness (QED) is 0.752. The van der Waals surface area contributed by atoms with Crippen LogP contribution in [0.2, 0.25) is 0 Å². The van der Waals surface area contributed by atoms with E-state index in [1.807, 2.05) is 23.1 Å². The molecule has 0 aromatic carbocycles. The van der Waals surface area contributed by atoms with E-state index in [2.05, 4.69) is 20.0 Å². The van der Waals surface area contributed by atoms with Crippen LogP contribution in [-0.4, -0.2) is 57.6 Å². The lowest BCUT2D eigenvalue weighted by Crippen LogP contribution is -2.53. The third-order valence-corrected chi connectivity index (χ3v) is 5.71. The molecule has 2 aliphatic heterocycles. The van der Waals surface area contributed by atoms with Crippen molar-refractivity contribution in [2.45, 2.75) is 45.4 Å². The molecule has 0 saturated carbocycles. The Kier molecular flexibility index (Phi) is 5.68. The summed E-state index contributed by atoms with van der Waals surface area (Å²) in [4.78, 5) is 25.6. The minimum absolute atomic E-state index is 0.135. The third kappa shape index (κ3) is 4.39. The Hall–Kier alpha value is -2.32. The van der Waals surface area contributed by atoms with Gasteiger partial charge in [0.15, 0.2) is 5.82 Å². The van der Waals surface area contributed by atoms with Crippen LogP contribution in [0.15, 0.2) is 28.9 Å². The first-order chi connectivity index (χ1) is 13.7. The molecule has 1 spiro atoms. The fourth-order valence-corrected chi connectivity index (χ4v) is 4.45. The minimum atomic E-state index is 0.135. The molecule has 0 aliphatic carbocycles. The van der Waals surface area contributed by atoms with Crippen LogP contribution in [0.5, 0.6) is 0 Å². The smallest absolute Gasteiger partial charge is 0.240 e. The summed E-state index contributed by atoms with van der Waals surface area (Å²) in [5, 5.41) is 3.95. The zero-order chi connectivity index (χ0) is 19.4. The molecule has 2 saturated heterocycles. The van der Waals surface area contributed by atoms with Crippen molar-refractivity contribution < 1.29 is 14.1 Å². The van der Waals surface area contributed by atoms with Crippen LogP contribution >= 0.6 is 0 Å². The van der Waals surface area contributed by atoms with Crippen molar-refractivity contribution in [2.75, 3.05) is 26.7 Å². The van der Waals surface area contributed by atoms with Gasteiger partial charge in [0.1, 0.15) is 6.61 Å². The predicted molar refractivity (Wildman–Crippen MR) is 101 cm³/mol. The maximum atomic E-state index is 12.5. The van der Waals surface area contributed by atoms with Gasteiger partial charge in [0.25, 0.3) is 0 Å². The Bertz CT molecular complexity index is 796. The van der Waals surface area contributed by atoms with E-state index in [0.29, 0.717) is 37.8 Å². The number of rotatable bonds is 6. The van der Waals surface area contributed by atoms with Crippen LogP contribution in [0.1, 0.15) is 43.1 Å². The van der Waals surface area contributed by atoms with Crippen molar-refractivity contribution in [1.29, 1.82) is 0 Å². The molecule has 1 atom stereocenters. The average Bonchev–Trinajstić information content (AvgIpc) is 3.13. The summed E-state index contributed by atoms with van der Waals surface area (Å²) in [7, 11) is 1.62. The van der Waals surface area contributed by atoms with Gasteiger partial charge in [-0.15, -0.1) is 0 Å². The Morgan fingerprint density at radius 1 is 1.25 bits per heavy atom. The zero-order valence-corrected chi connectivity index (χ0v) is 16.3. The lowest BCUT2D eigenvalue weighted by molar-refractivity contribution is -0.140. The minimum Gasteiger partial charge on any atom is -0.377 e. The van der Waals surface area contributed by atoms with Gasteiger partial charge >= 0.3 is 0 Å². The first-order valence-corrected chi connectivity index (χ1v) is 9.86. The fourth-order valence-electron chi connectivity index (χ4n) is 4.45. The Balaban J connectivity index is 1.40. The van der Waals surface area contributed by atoms with Crippen LogP contribution in [0.25, 0.3) is 0 Å². The second kappa shape index (κ2) is 8.36. The van der Waals surface area contributed by atoms with Crippen molar-refractivity contribution in [3.63, 3.8) is 0 Å². The molecule has 0 bridgehead atoms. The first kappa shape index (κ1) is 19.0. The Labute approximate surface area is 164 Å². The predicted octanol–water partition coefficient (Wildman–Crippen LogP) is 2.02. The van der Waals surface area contributed by atoms with Crippen molar-refractivity contribution in [3.8, 4) is 0 Å². The van der Waals surface area contributed by atoms with Crippen molar-refractivity contribution in [3.05, 3.63) is 41.8 Å². The number of amides is 1. The molecule has 150 valence electrons. The number of hydrogen-bond donors (Lipinski definition) is 0. The molecule has 0 unspecified atom stereocenters. The molecule has 4 rings (SSSR count). The number of nitrogens with zero attached hydrogens (tertiary/aromatic N) is 5. The van der Waals surface area contributed by atoms with Crippen LogP contribution in [0, 0.1) is 5.41 Å². The average molecular weight is 385 g/mol. The molecule has 4 heterocycles. The van der Waals surface area contributed by atoms with Crippen LogP contribution in [0.3, 0.4) is 0 Å². The van der Waals surface area contributed by atoms with Gasteiger partial charge in [-0.3, -0.25) is 14.7 Å². The molecular formula is C20H27N5O3. The van der Waals surface area contributed by atoms with Crippen molar-refractivity contribution in [2.24, 2.45) is 5.41 Å². The molecule has 2 aliphatic rings. The number of methoxy groups -OCH3 is 1. The van der Waals surface area contributed by atoms with Gasteiger partial charge in [-0.05, 0) is 37.9 Å². The number of piperidine rings is 2. The number of pyridine rings is 1. The fraction of sp³-hybridized carbons (Fsp3) is 0.600. The largest absolute Gasteiger partial charge is 0.377 e. The van der Waals surface area contributed by atoms with E-state index in [0.717, 1.165) is 44.6 Å². The summed E-state index contributed by atoms with van der Waals surface area (Å²) in [5.41, 5.74) is 1.08. The molecular weight excluding hydrogens is 358 g/mol. The van der Waals surface area contributed by atoms with Crippen LogP contribution in [0.4, 0.5) is 0 Å². The molecule has 2 fully saturated rings. The van der Waals surface area contributed by atoms with Gasteiger partial charge < -0.3 is 14.2 Å². The molecule has 0 radical (unpaired) electrons. The van der Waals surface area contributed by atoms with E-state index in [-0.39, 0.29) is 11.3 Å². The summed E-state index contributed by atoms with van der Waals surface area (Å²) < 4.78 is 10.4. The van der Waals surface area contributed by atoms with Crippen molar-refractivity contribution in [1.82, 2.24) is 24.9 Å². The van der Waals surface area contributed by atoms with E-state index < -0.39 is 0 Å². The highest BCUT2D eigenvalue weighted by Gasteiger charge is 2.41. The highest BCUT2D eigenvalue weighted by atomic mass is 16.5. The maximum Gasteiger partial charge on any atom is 0.240 e. The lowest BCUT2D eigenvalue weighted by Gasteiger charge is -2.48. The van der Waals surface area contributed by atoms with Gasteiger partial charge in [-0.25, -0.2) is 0 Å².